The van der Waals surface area contributed by atoms with Crippen LogP contribution in [0.5, 0.6) is 0 Å². The van der Waals surface area contributed by atoms with Crippen LogP contribution in [0.1, 0.15) is 6.92 Å². The van der Waals surface area contributed by atoms with Crippen LogP contribution in [-0.2, 0) is 14.3 Å². The Morgan fingerprint density at radius 3 is 2.43 bits per heavy atom. The summed E-state index contributed by atoms with van der Waals surface area (Å²) in [7, 11) is 0. The third-order valence-electron chi connectivity index (χ3n) is 2.89. The molecule has 4 nitrogen and oxygen atoms in total. The van der Waals surface area contributed by atoms with Gasteiger partial charge >= 0.3 is 5.97 Å². The Labute approximate surface area is 144 Å². The minimum atomic E-state index is -0.866. The summed E-state index contributed by atoms with van der Waals surface area (Å²) in [6.45, 7) is 1.54. The number of benzene rings is 2. The van der Waals surface area contributed by atoms with Gasteiger partial charge < -0.3 is 10.1 Å². The van der Waals surface area contributed by atoms with Crippen molar-refractivity contribution in [2.24, 2.45) is 0 Å². The number of amides is 1. The number of anilines is 1. The highest BCUT2D eigenvalue weighted by Crippen LogP contribution is 2.17. The SMILES string of the molecule is C[C@@H](OC(=O)CSc1ccccc1)C(=O)Nc1ccc(Cl)cc1. The lowest BCUT2D eigenvalue weighted by Gasteiger charge is -2.13. The standard InChI is InChI=1S/C17H16ClNO3S/c1-12(17(21)19-14-9-7-13(18)8-10-14)22-16(20)11-23-15-5-3-2-4-6-15/h2-10,12H,11H2,1H3,(H,19,21)/t12-/m1/s1. The molecule has 0 aliphatic rings. The zero-order chi connectivity index (χ0) is 16.7. The van der Waals surface area contributed by atoms with Crippen molar-refractivity contribution in [2.75, 3.05) is 11.1 Å². The molecule has 0 saturated carbocycles. The molecule has 0 spiro atoms. The summed E-state index contributed by atoms with van der Waals surface area (Å²) in [6, 6.07) is 16.2. The molecule has 0 aromatic heterocycles. The van der Waals surface area contributed by atoms with Crippen molar-refractivity contribution in [1.29, 1.82) is 0 Å². The minimum absolute atomic E-state index is 0.155. The van der Waals surface area contributed by atoms with Crippen molar-refractivity contribution in [3.8, 4) is 0 Å². The van der Waals surface area contributed by atoms with Crippen LogP contribution >= 0.6 is 23.4 Å². The molecule has 0 aliphatic heterocycles. The van der Waals surface area contributed by atoms with Gasteiger partial charge in [0.05, 0.1) is 5.75 Å². The summed E-state index contributed by atoms with van der Waals surface area (Å²) in [5.74, 6) is -0.661. The molecule has 2 aromatic carbocycles. The Morgan fingerprint density at radius 1 is 1.13 bits per heavy atom. The fourth-order valence-corrected chi connectivity index (χ4v) is 2.55. The molecule has 0 heterocycles. The number of ether oxygens (including phenoxy) is 1. The normalized spacial score (nSPS) is 11.6. The van der Waals surface area contributed by atoms with Crippen LogP contribution in [0.25, 0.3) is 0 Å². The van der Waals surface area contributed by atoms with Crippen LogP contribution in [0.15, 0.2) is 59.5 Å². The van der Waals surface area contributed by atoms with E-state index in [1.54, 1.807) is 24.3 Å². The Bertz CT molecular complexity index is 661. The van der Waals surface area contributed by atoms with Crippen LogP contribution in [0, 0.1) is 0 Å². The lowest BCUT2D eigenvalue weighted by atomic mass is 10.3. The van der Waals surface area contributed by atoms with Crippen LogP contribution in [0.3, 0.4) is 0 Å². The molecule has 1 N–H and O–H groups in total. The zero-order valence-corrected chi connectivity index (χ0v) is 14.1. The van der Waals surface area contributed by atoms with Gasteiger partial charge in [0.1, 0.15) is 0 Å². The largest absolute Gasteiger partial charge is 0.452 e. The molecule has 120 valence electrons. The highest BCUT2D eigenvalue weighted by atomic mass is 35.5. The molecule has 2 aromatic rings. The maximum Gasteiger partial charge on any atom is 0.317 e. The minimum Gasteiger partial charge on any atom is -0.452 e. The third kappa shape index (κ3) is 5.96. The van der Waals surface area contributed by atoms with Crippen molar-refractivity contribution in [2.45, 2.75) is 17.9 Å². The average Bonchev–Trinajstić information content (AvgIpc) is 2.56. The van der Waals surface area contributed by atoms with Gasteiger partial charge in [-0.15, -0.1) is 11.8 Å². The summed E-state index contributed by atoms with van der Waals surface area (Å²) in [5, 5.41) is 3.25. The number of esters is 1. The van der Waals surface area contributed by atoms with Crippen LogP contribution in [0.2, 0.25) is 5.02 Å². The quantitative estimate of drug-likeness (QED) is 0.632. The fraction of sp³-hybridized carbons (Fsp3) is 0.176. The number of rotatable bonds is 6. The molecular weight excluding hydrogens is 334 g/mol. The Balaban J connectivity index is 1.78. The summed E-state index contributed by atoms with van der Waals surface area (Å²) in [6.07, 6.45) is -0.866. The number of hydrogen-bond acceptors (Lipinski definition) is 4. The molecule has 0 bridgehead atoms. The average molecular weight is 350 g/mol. The van der Waals surface area contributed by atoms with Gasteiger partial charge in [0.15, 0.2) is 6.10 Å². The van der Waals surface area contributed by atoms with E-state index in [0.717, 1.165) is 4.90 Å². The van der Waals surface area contributed by atoms with E-state index >= 15 is 0 Å². The number of nitrogens with one attached hydrogen (secondary N) is 1. The van der Waals surface area contributed by atoms with Gasteiger partial charge in [-0.2, -0.15) is 0 Å². The van der Waals surface area contributed by atoms with Crippen LogP contribution < -0.4 is 5.32 Å². The first kappa shape index (κ1) is 17.4. The number of carbonyl (C=O) groups is 2. The summed E-state index contributed by atoms with van der Waals surface area (Å²) in [4.78, 5) is 24.7. The van der Waals surface area contributed by atoms with Crippen molar-refractivity contribution in [3.05, 3.63) is 59.6 Å². The molecule has 1 amide bonds. The molecule has 6 heteroatoms. The van der Waals surface area contributed by atoms with Crippen LogP contribution in [0.4, 0.5) is 5.69 Å². The summed E-state index contributed by atoms with van der Waals surface area (Å²) in [5.41, 5.74) is 0.598. The van der Waals surface area contributed by atoms with Gasteiger partial charge in [0, 0.05) is 15.6 Å². The van der Waals surface area contributed by atoms with Gasteiger partial charge in [-0.05, 0) is 43.3 Å². The number of hydrogen-bond donors (Lipinski definition) is 1. The van der Waals surface area contributed by atoms with Crippen molar-refractivity contribution in [1.82, 2.24) is 0 Å². The molecule has 1 atom stereocenters. The molecule has 23 heavy (non-hydrogen) atoms. The first-order valence-corrected chi connectivity index (χ1v) is 8.35. The number of halogens is 1. The van der Waals surface area contributed by atoms with E-state index in [1.807, 2.05) is 30.3 Å². The summed E-state index contributed by atoms with van der Waals surface area (Å²) < 4.78 is 5.13. The number of carbonyl (C=O) groups excluding carboxylic acids is 2. The second-order valence-electron chi connectivity index (χ2n) is 4.73. The highest BCUT2D eigenvalue weighted by Gasteiger charge is 2.18. The fourth-order valence-electron chi connectivity index (χ4n) is 1.72. The molecular formula is C17H16ClNO3S. The first-order valence-electron chi connectivity index (χ1n) is 6.98. The predicted molar refractivity (Wildman–Crippen MR) is 92.8 cm³/mol. The molecule has 0 aliphatic carbocycles. The molecule has 0 fully saturated rings. The van der Waals surface area contributed by atoms with E-state index in [-0.39, 0.29) is 11.7 Å². The predicted octanol–water partition coefficient (Wildman–Crippen LogP) is 4.00. The van der Waals surface area contributed by atoms with Crippen molar-refractivity contribution < 1.29 is 14.3 Å². The van der Waals surface area contributed by atoms with Crippen molar-refractivity contribution in [3.63, 3.8) is 0 Å². The highest BCUT2D eigenvalue weighted by molar-refractivity contribution is 8.00. The first-order chi connectivity index (χ1) is 11.0. The van der Waals surface area contributed by atoms with E-state index in [2.05, 4.69) is 5.32 Å². The second kappa shape index (κ2) is 8.60. The van der Waals surface area contributed by atoms with E-state index in [0.29, 0.717) is 10.7 Å². The summed E-state index contributed by atoms with van der Waals surface area (Å²) >= 11 is 7.15. The molecule has 0 unspecified atom stereocenters. The Hall–Kier alpha value is -1.98. The zero-order valence-electron chi connectivity index (χ0n) is 12.5. The van der Waals surface area contributed by atoms with E-state index in [9.17, 15) is 9.59 Å². The van der Waals surface area contributed by atoms with E-state index in [1.165, 1.54) is 18.7 Å². The smallest absolute Gasteiger partial charge is 0.317 e. The molecule has 2 rings (SSSR count). The van der Waals surface area contributed by atoms with Crippen LogP contribution in [-0.4, -0.2) is 23.7 Å². The van der Waals surface area contributed by atoms with Gasteiger partial charge in [-0.25, -0.2) is 0 Å². The van der Waals surface area contributed by atoms with Gasteiger partial charge in [-0.1, -0.05) is 29.8 Å². The maximum atomic E-state index is 12.0. The van der Waals surface area contributed by atoms with Gasteiger partial charge in [-0.3, -0.25) is 9.59 Å². The lowest BCUT2D eigenvalue weighted by molar-refractivity contribution is -0.150. The monoisotopic (exact) mass is 349 g/mol. The Kier molecular flexibility index (Phi) is 6.50. The van der Waals surface area contributed by atoms with E-state index < -0.39 is 12.1 Å². The van der Waals surface area contributed by atoms with Gasteiger partial charge in [0.25, 0.3) is 5.91 Å². The maximum absolute atomic E-state index is 12.0. The third-order valence-corrected chi connectivity index (χ3v) is 4.13. The second-order valence-corrected chi connectivity index (χ2v) is 6.22. The topological polar surface area (TPSA) is 55.4 Å². The van der Waals surface area contributed by atoms with Crippen molar-refractivity contribution >= 4 is 40.9 Å². The lowest BCUT2D eigenvalue weighted by Crippen LogP contribution is -2.30. The molecule has 0 saturated heterocycles. The Morgan fingerprint density at radius 2 is 1.78 bits per heavy atom. The van der Waals surface area contributed by atoms with E-state index in [4.69, 9.17) is 16.3 Å². The molecule has 0 radical (unpaired) electrons. The number of thioether (sulfide) groups is 1. The van der Waals surface area contributed by atoms with Gasteiger partial charge in [0.2, 0.25) is 0 Å².